The van der Waals surface area contributed by atoms with Gasteiger partial charge in [-0.25, -0.2) is 0 Å². The Bertz CT molecular complexity index is 941. The molecule has 0 spiro atoms. The second-order valence-corrected chi connectivity index (χ2v) is 7.47. The van der Waals surface area contributed by atoms with E-state index in [-0.39, 0.29) is 16.9 Å². The van der Waals surface area contributed by atoms with Gasteiger partial charge in [0, 0.05) is 5.56 Å². The van der Waals surface area contributed by atoms with Crippen molar-refractivity contribution in [2.45, 2.75) is 37.7 Å². The summed E-state index contributed by atoms with van der Waals surface area (Å²) < 4.78 is 5.72. The minimum absolute atomic E-state index is 0.228. The van der Waals surface area contributed by atoms with Crippen LogP contribution in [0, 0.1) is 0 Å². The summed E-state index contributed by atoms with van der Waals surface area (Å²) in [5.74, 6) is -2.01. The van der Waals surface area contributed by atoms with Crippen molar-refractivity contribution in [2.24, 2.45) is 0 Å². The number of nitrogens with zero attached hydrogens (tertiary/aromatic N) is 1. The maximum Gasteiger partial charge on any atom is 0.327 e. The van der Waals surface area contributed by atoms with Crippen molar-refractivity contribution in [3.8, 4) is 0 Å². The number of carbonyl (C=O) groups is 4. The molecule has 2 aliphatic rings. The quantitative estimate of drug-likeness (QED) is 0.443. The molecule has 1 aliphatic heterocycles. The molecular weight excluding hydrogens is 370 g/mol. The molecule has 6 heteroatoms. The van der Waals surface area contributed by atoms with E-state index < -0.39 is 29.9 Å². The van der Waals surface area contributed by atoms with Gasteiger partial charge in [0.25, 0.3) is 11.8 Å². The topological polar surface area (TPSA) is 80.8 Å². The number of ether oxygens (including phenoxy) is 1. The molecule has 0 bridgehead atoms. The number of ketones is 1. The monoisotopic (exact) mass is 391 g/mol. The summed E-state index contributed by atoms with van der Waals surface area (Å²) in [4.78, 5) is 51.8. The summed E-state index contributed by atoms with van der Waals surface area (Å²) in [7, 11) is 0. The molecule has 1 heterocycles. The van der Waals surface area contributed by atoms with Crippen LogP contribution in [0.5, 0.6) is 0 Å². The van der Waals surface area contributed by atoms with Crippen LogP contribution in [-0.2, 0) is 9.53 Å². The number of imide groups is 1. The molecule has 2 aromatic rings. The van der Waals surface area contributed by atoms with E-state index in [4.69, 9.17) is 4.74 Å². The average Bonchev–Trinajstić information content (AvgIpc) is 2.99. The second kappa shape index (κ2) is 7.62. The number of hydrogen-bond donors (Lipinski definition) is 0. The molecule has 0 aromatic heterocycles. The predicted octanol–water partition coefficient (Wildman–Crippen LogP) is 3.41. The predicted molar refractivity (Wildman–Crippen MR) is 104 cm³/mol. The highest BCUT2D eigenvalue weighted by Crippen LogP contribution is 2.35. The lowest BCUT2D eigenvalue weighted by molar-refractivity contribution is -0.158. The van der Waals surface area contributed by atoms with Crippen molar-refractivity contribution in [1.82, 2.24) is 4.90 Å². The highest BCUT2D eigenvalue weighted by molar-refractivity contribution is 6.22. The van der Waals surface area contributed by atoms with Gasteiger partial charge in [-0.3, -0.25) is 24.1 Å². The van der Waals surface area contributed by atoms with Gasteiger partial charge in [-0.15, -0.1) is 0 Å². The molecule has 0 saturated heterocycles. The molecule has 2 aromatic carbocycles. The van der Waals surface area contributed by atoms with E-state index >= 15 is 0 Å². The molecular formula is C23H21NO5. The van der Waals surface area contributed by atoms with E-state index in [1.807, 2.05) is 6.07 Å². The fourth-order valence-electron chi connectivity index (χ4n) is 4.11. The third-order valence-electron chi connectivity index (χ3n) is 5.59. The number of fused-ring (bicyclic) bond motifs is 1. The van der Waals surface area contributed by atoms with Gasteiger partial charge in [0.1, 0.15) is 6.54 Å². The smallest absolute Gasteiger partial charge is 0.327 e. The van der Waals surface area contributed by atoms with Gasteiger partial charge in [-0.1, -0.05) is 48.9 Å². The van der Waals surface area contributed by atoms with E-state index in [1.165, 1.54) is 0 Å². The van der Waals surface area contributed by atoms with Gasteiger partial charge in [0.15, 0.2) is 5.60 Å². The lowest BCUT2D eigenvalue weighted by Gasteiger charge is -2.35. The molecule has 0 atom stereocenters. The van der Waals surface area contributed by atoms with Crippen molar-refractivity contribution in [3.05, 3.63) is 71.3 Å². The number of Topliss-reactive ketones (excluding diaryl/α,β-unsaturated/α-hetero) is 1. The maximum atomic E-state index is 13.2. The molecule has 2 amide bonds. The van der Waals surface area contributed by atoms with E-state index in [1.54, 1.807) is 48.5 Å². The van der Waals surface area contributed by atoms with Crippen molar-refractivity contribution in [1.29, 1.82) is 0 Å². The average molecular weight is 391 g/mol. The number of carbonyl (C=O) groups excluding carboxylic acids is 4. The number of hydrogen-bond acceptors (Lipinski definition) is 5. The van der Waals surface area contributed by atoms with E-state index in [9.17, 15) is 19.2 Å². The van der Waals surface area contributed by atoms with Crippen molar-refractivity contribution in [2.75, 3.05) is 6.54 Å². The van der Waals surface area contributed by atoms with Crippen molar-refractivity contribution < 1.29 is 23.9 Å². The maximum absolute atomic E-state index is 13.2. The van der Waals surface area contributed by atoms with Crippen LogP contribution in [0.4, 0.5) is 0 Å². The zero-order valence-electron chi connectivity index (χ0n) is 15.9. The summed E-state index contributed by atoms with van der Waals surface area (Å²) in [6.45, 7) is -0.504. The molecule has 0 radical (unpaired) electrons. The number of esters is 1. The molecule has 6 nitrogen and oxygen atoms in total. The summed E-state index contributed by atoms with van der Waals surface area (Å²) in [6.07, 6.45) is 3.40. The van der Waals surface area contributed by atoms with Gasteiger partial charge in [0.2, 0.25) is 5.78 Å². The van der Waals surface area contributed by atoms with Crippen LogP contribution < -0.4 is 0 Å². The van der Waals surface area contributed by atoms with E-state index in [2.05, 4.69) is 0 Å². The van der Waals surface area contributed by atoms with Crippen LogP contribution >= 0.6 is 0 Å². The van der Waals surface area contributed by atoms with Crippen molar-refractivity contribution >= 4 is 23.6 Å². The SMILES string of the molecule is O=C(CN1C(=O)c2ccccc2C1=O)OC1(C(=O)c2ccccc2)CCCCC1. The standard InChI is InChI=1S/C23H21NO5/c25-19(15-24-21(27)17-11-5-6-12-18(17)22(24)28)29-23(13-7-2-8-14-23)20(26)16-9-3-1-4-10-16/h1,3-6,9-12H,2,7-8,13-15H2. The minimum Gasteiger partial charge on any atom is -0.449 e. The third kappa shape index (κ3) is 3.46. The fourth-order valence-corrected chi connectivity index (χ4v) is 4.11. The van der Waals surface area contributed by atoms with Gasteiger partial charge in [0.05, 0.1) is 11.1 Å². The first kappa shape index (κ1) is 19.1. The molecule has 0 N–H and O–H groups in total. The zero-order chi connectivity index (χ0) is 20.4. The zero-order valence-corrected chi connectivity index (χ0v) is 15.9. The lowest BCUT2D eigenvalue weighted by Crippen LogP contribution is -2.47. The molecule has 148 valence electrons. The number of benzene rings is 2. The Kier molecular flexibility index (Phi) is 5.01. The Morgan fingerprint density at radius 2 is 1.38 bits per heavy atom. The van der Waals surface area contributed by atoms with Crippen LogP contribution in [0.3, 0.4) is 0 Å². The van der Waals surface area contributed by atoms with E-state index in [0.29, 0.717) is 18.4 Å². The van der Waals surface area contributed by atoms with Crippen molar-refractivity contribution in [3.63, 3.8) is 0 Å². The van der Waals surface area contributed by atoms with Crippen LogP contribution in [0.15, 0.2) is 54.6 Å². The first-order chi connectivity index (χ1) is 14.0. The molecule has 4 rings (SSSR count). The normalized spacial score (nSPS) is 17.7. The summed E-state index contributed by atoms with van der Waals surface area (Å²) in [5.41, 5.74) is -0.200. The van der Waals surface area contributed by atoms with Gasteiger partial charge in [-0.05, 0) is 37.8 Å². The van der Waals surface area contributed by atoms with Gasteiger partial charge in [-0.2, -0.15) is 0 Å². The highest BCUT2D eigenvalue weighted by atomic mass is 16.6. The van der Waals surface area contributed by atoms with Crippen LogP contribution in [-0.4, -0.2) is 40.6 Å². The summed E-state index contributed by atoms with van der Waals surface area (Å²) >= 11 is 0. The van der Waals surface area contributed by atoms with Crippen LogP contribution in [0.2, 0.25) is 0 Å². The first-order valence-electron chi connectivity index (χ1n) is 9.79. The Hall–Kier alpha value is -3.28. The van der Waals surface area contributed by atoms with Crippen LogP contribution in [0.25, 0.3) is 0 Å². The Labute approximate surface area is 168 Å². The lowest BCUT2D eigenvalue weighted by atomic mass is 9.79. The van der Waals surface area contributed by atoms with E-state index in [0.717, 1.165) is 24.2 Å². The highest BCUT2D eigenvalue weighted by Gasteiger charge is 2.45. The second-order valence-electron chi connectivity index (χ2n) is 7.47. The summed E-state index contributed by atoms with van der Waals surface area (Å²) in [6, 6.07) is 15.2. The third-order valence-corrected chi connectivity index (χ3v) is 5.59. The van der Waals surface area contributed by atoms with Crippen LogP contribution in [0.1, 0.15) is 63.2 Å². The Morgan fingerprint density at radius 3 is 1.97 bits per heavy atom. The molecule has 1 fully saturated rings. The number of amides is 2. The van der Waals surface area contributed by atoms with Gasteiger partial charge >= 0.3 is 5.97 Å². The minimum atomic E-state index is -1.24. The fraction of sp³-hybridized carbons (Fsp3) is 0.304. The molecule has 0 unspecified atom stereocenters. The Morgan fingerprint density at radius 1 is 0.828 bits per heavy atom. The molecule has 1 aliphatic carbocycles. The molecule has 1 saturated carbocycles. The summed E-state index contributed by atoms with van der Waals surface area (Å²) in [5, 5.41) is 0. The number of rotatable bonds is 5. The first-order valence-corrected chi connectivity index (χ1v) is 9.79. The Balaban J connectivity index is 1.53. The largest absolute Gasteiger partial charge is 0.449 e. The van der Waals surface area contributed by atoms with Gasteiger partial charge < -0.3 is 4.74 Å². The molecule has 29 heavy (non-hydrogen) atoms.